The molecule has 0 saturated heterocycles. The smallest absolute Gasteiger partial charge is 0.178 e. The maximum atomic E-state index is 14.4. The molecule has 1 aromatic carbocycles. The summed E-state index contributed by atoms with van der Waals surface area (Å²) in [5, 5.41) is 0. The van der Waals surface area contributed by atoms with Gasteiger partial charge in [0.15, 0.2) is 9.84 Å². The number of hydrogen-bond donors (Lipinski definition) is 1. The zero-order valence-corrected chi connectivity index (χ0v) is 11.6. The van der Waals surface area contributed by atoms with E-state index in [2.05, 4.69) is 0 Å². The van der Waals surface area contributed by atoms with Crippen LogP contribution in [0, 0.1) is 11.6 Å². The van der Waals surface area contributed by atoms with E-state index in [1.54, 1.807) is 0 Å². The van der Waals surface area contributed by atoms with Crippen molar-refractivity contribution in [2.45, 2.75) is 42.5 Å². The lowest BCUT2D eigenvalue weighted by atomic mass is 9.77. The van der Waals surface area contributed by atoms with E-state index in [4.69, 9.17) is 5.73 Å². The summed E-state index contributed by atoms with van der Waals surface area (Å²) in [6.45, 7) is 0. The molecule has 1 aliphatic rings. The number of benzene rings is 1. The van der Waals surface area contributed by atoms with Crippen LogP contribution in [-0.2, 0) is 15.4 Å². The second-order valence-electron chi connectivity index (χ2n) is 5.22. The van der Waals surface area contributed by atoms with Gasteiger partial charge in [0.25, 0.3) is 0 Å². The molecule has 0 spiro atoms. The molecular formula is C13H17F2NO2S. The van der Waals surface area contributed by atoms with Gasteiger partial charge in [-0.3, -0.25) is 0 Å². The SMILES string of the molecule is CS(=O)(=O)c1ccc(F)c(C2(N)CCCCC2)c1F. The maximum Gasteiger partial charge on any atom is 0.178 e. The normalized spacial score (nSPS) is 19.4. The van der Waals surface area contributed by atoms with Gasteiger partial charge in [0.05, 0.1) is 0 Å². The van der Waals surface area contributed by atoms with Gasteiger partial charge in [-0.1, -0.05) is 19.3 Å². The number of sulfone groups is 1. The fraction of sp³-hybridized carbons (Fsp3) is 0.538. The Morgan fingerprint density at radius 2 is 1.74 bits per heavy atom. The summed E-state index contributed by atoms with van der Waals surface area (Å²) in [5.74, 6) is -1.80. The number of rotatable bonds is 2. The van der Waals surface area contributed by atoms with Crippen LogP contribution in [0.1, 0.15) is 37.7 Å². The molecule has 0 aromatic heterocycles. The largest absolute Gasteiger partial charge is 0.321 e. The molecule has 0 atom stereocenters. The predicted molar refractivity (Wildman–Crippen MR) is 68.4 cm³/mol. The van der Waals surface area contributed by atoms with Gasteiger partial charge in [0.1, 0.15) is 16.5 Å². The average Bonchev–Trinajstić information content (AvgIpc) is 2.27. The molecule has 2 N–H and O–H groups in total. The molecule has 1 aromatic rings. The van der Waals surface area contributed by atoms with Crippen LogP contribution in [0.3, 0.4) is 0 Å². The van der Waals surface area contributed by atoms with E-state index in [9.17, 15) is 17.2 Å². The average molecular weight is 289 g/mol. The van der Waals surface area contributed by atoms with E-state index < -0.39 is 31.9 Å². The fourth-order valence-corrected chi connectivity index (χ4v) is 3.45. The first-order chi connectivity index (χ1) is 8.76. The Hall–Kier alpha value is -1.01. The van der Waals surface area contributed by atoms with Crippen LogP contribution < -0.4 is 5.73 Å². The Morgan fingerprint density at radius 1 is 1.16 bits per heavy atom. The zero-order valence-electron chi connectivity index (χ0n) is 10.7. The van der Waals surface area contributed by atoms with Crippen molar-refractivity contribution >= 4 is 9.84 Å². The molecule has 19 heavy (non-hydrogen) atoms. The van der Waals surface area contributed by atoms with Crippen LogP contribution in [0.2, 0.25) is 0 Å². The van der Waals surface area contributed by atoms with E-state index in [1.165, 1.54) is 0 Å². The Balaban J connectivity index is 2.63. The second kappa shape index (κ2) is 4.83. The molecular weight excluding hydrogens is 272 g/mol. The van der Waals surface area contributed by atoms with Crippen molar-refractivity contribution in [2.75, 3.05) is 6.26 Å². The Labute approximate surface area is 111 Å². The quantitative estimate of drug-likeness (QED) is 0.851. The summed E-state index contributed by atoms with van der Waals surface area (Å²) in [5.41, 5.74) is 4.73. The van der Waals surface area contributed by atoms with Crippen molar-refractivity contribution in [2.24, 2.45) is 5.73 Å². The monoisotopic (exact) mass is 289 g/mol. The van der Waals surface area contributed by atoms with Crippen LogP contribution >= 0.6 is 0 Å². The van der Waals surface area contributed by atoms with E-state index in [1.807, 2.05) is 0 Å². The predicted octanol–water partition coefficient (Wildman–Crippen LogP) is 2.49. The van der Waals surface area contributed by atoms with Gasteiger partial charge >= 0.3 is 0 Å². The summed E-state index contributed by atoms with van der Waals surface area (Å²) in [4.78, 5) is -0.487. The molecule has 2 rings (SSSR count). The topological polar surface area (TPSA) is 60.2 Å². The third-order valence-corrected chi connectivity index (χ3v) is 4.81. The molecule has 1 aliphatic carbocycles. The lowest BCUT2D eigenvalue weighted by Crippen LogP contribution is -2.40. The highest BCUT2D eigenvalue weighted by atomic mass is 32.2. The van der Waals surface area contributed by atoms with Crippen LogP contribution in [-0.4, -0.2) is 14.7 Å². The molecule has 106 valence electrons. The minimum Gasteiger partial charge on any atom is -0.321 e. The van der Waals surface area contributed by atoms with Gasteiger partial charge < -0.3 is 5.73 Å². The van der Waals surface area contributed by atoms with E-state index in [-0.39, 0.29) is 5.56 Å². The summed E-state index contributed by atoms with van der Waals surface area (Å²) in [6.07, 6.45) is 4.39. The van der Waals surface area contributed by atoms with E-state index >= 15 is 0 Å². The zero-order chi connectivity index (χ0) is 14.3. The van der Waals surface area contributed by atoms with Gasteiger partial charge in [-0.25, -0.2) is 17.2 Å². The number of nitrogens with two attached hydrogens (primary N) is 1. The van der Waals surface area contributed by atoms with Crippen molar-refractivity contribution in [1.82, 2.24) is 0 Å². The molecule has 6 heteroatoms. The third-order valence-electron chi connectivity index (χ3n) is 3.70. The summed E-state index contributed by atoms with van der Waals surface area (Å²) < 4.78 is 51.3. The summed E-state index contributed by atoms with van der Waals surface area (Å²) >= 11 is 0. The van der Waals surface area contributed by atoms with Crippen LogP contribution in [0.15, 0.2) is 17.0 Å². The minimum atomic E-state index is -3.74. The first-order valence-corrected chi connectivity index (χ1v) is 8.12. The van der Waals surface area contributed by atoms with Gasteiger partial charge in [-0.15, -0.1) is 0 Å². The first-order valence-electron chi connectivity index (χ1n) is 6.23. The lowest BCUT2D eigenvalue weighted by molar-refractivity contribution is 0.280. The molecule has 0 radical (unpaired) electrons. The molecule has 0 bridgehead atoms. The number of halogens is 2. The van der Waals surface area contributed by atoms with Crippen LogP contribution in [0.4, 0.5) is 8.78 Å². The highest BCUT2D eigenvalue weighted by Crippen LogP contribution is 2.38. The molecule has 0 aliphatic heterocycles. The van der Waals surface area contributed by atoms with Crippen molar-refractivity contribution in [1.29, 1.82) is 0 Å². The van der Waals surface area contributed by atoms with Gasteiger partial charge in [0.2, 0.25) is 0 Å². The number of hydrogen-bond acceptors (Lipinski definition) is 3. The fourth-order valence-electron chi connectivity index (χ4n) is 2.71. The summed E-state index contributed by atoms with van der Waals surface area (Å²) in [7, 11) is -3.74. The minimum absolute atomic E-state index is 0.282. The molecule has 3 nitrogen and oxygen atoms in total. The highest BCUT2D eigenvalue weighted by Gasteiger charge is 2.36. The summed E-state index contributed by atoms with van der Waals surface area (Å²) in [6, 6.07) is 1.94. The van der Waals surface area contributed by atoms with Gasteiger partial charge in [-0.05, 0) is 25.0 Å². The Kier molecular flexibility index (Phi) is 3.66. The molecule has 0 heterocycles. The first kappa shape index (κ1) is 14.4. The van der Waals surface area contributed by atoms with Crippen LogP contribution in [0.5, 0.6) is 0 Å². The molecule has 0 amide bonds. The Bertz CT molecular complexity index is 593. The highest BCUT2D eigenvalue weighted by molar-refractivity contribution is 7.90. The van der Waals surface area contributed by atoms with Crippen molar-refractivity contribution in [3.05, 3.63) is 29.3 Å². The molecule has 0 unspecified atom stereocenters. The van der Waals surface area contributed by atoms with Crippen LogP contribution in [0.25, 0.3) is 0 Å². The van der Waals surface area contributed by atoms with E-state index in [0.29, 0.717) is 12.8 Å². The second-order valence-corrected chi connectivity index (χ2v) is 7.21. The van der Waals surface area contributed by atoms with Gasteiger partial charge in [-0.2, -0.15) is 0 Å². The lowest BCUT2D eigenvalue weighted by Gasteiger charge is -2.34. The molecule has 1 saturated carbocycles. The van der Waals surface area contributed by atoms with E-state index in [0.717, 1.165) is 37.7 Å². The van der Waals surface area contributed by atoms with Crippen molar-refractivity contribution in [3.63, 3.8) is 0 Å². The molecule has 1 fully saturated rings. The standard InChI is InChI=1S/C13H17F2NO2S/c1-19(17,18)10-6-5-9(14)11(12(10)15)13(16)7-3-2-4-8-13/h5-6H,2-4,7-8,16H2,1H3. The van der Waals surface area contributed by atoms with Gasteiger partial charge in [0, 0.05) is 17.4 Å². The maximum absolute atomic E-state index is 14.4. The van der Waals surface area contributed by atoms with Crippen molar-refractivity contribution < 1.29 is 17.2 Å². The van der Waals surface area contributed by atoms with Crippen molar-refractivity contribution in [3.8, 4) is 0 Å². The Morgan fingerprint density at radius 3 is 2.26 bits per heavy atom. The third kappa shape index (κ3) is 2.65.